The van der Waals surface area contributed by atoms with Crippen LogP contribution in [-0.4, -0.2) is 14.5 Å². The third-order valence-corrected chi connectivity index (χ3v) is 4.28. The molecule has 0 amide bonds. The molecule has 1 aliphatic heterocycles. The molecule has 4 rings (SSSR count). The predicted octanol–water partition coefficient (Wildman–Crippen LogP) is 3.34. The van der Waals surface area contributed by atoms with Gasteiger partial charge in [-0.3, -0.25) is 9.55 Å². The summed E-state index contributed by atoms with van der Waals surface area (Å²) in [6, 6.07) is 1.91. The molecule has 1 fully saturated rings. The van der Waals surface area contributed by atoms with E-state index in [0.717, 1.165) is 17.1 Å². The molecule has 2 aromatic rings. The molecule has 1 saturated carbocycles. The van der Waals surface area contributed by atoms with Crippen LogP contribution in [0.2, 0.25) is 0 Å². The van der Waals surface area contributed by atoms with Crippen LogP contribution in [0, 0.1) is 0 Å². The van der Waals surface area contributed by atoms with Gasteiger partial charge in [-0.25, -0.2) is 4.98 Å². The molecule has 0 radical (unpaired) electrons. The van der Waals surface area contributed by atoms with E-state index in [9.17, 15) is 0 Å². The van der Waals surface area contributed by atoms with Crippen molar-refractivity contribution in [1.82, 2.24) is 14.5 Å². The third-order valence-electron chi connectivity index (χ3n) is 4.28. The van der Waals surface area contributed by atoms with E-state index in [0.29, 0.717) is 12.6 Å². The first-order chi connectivity index (χ1) is 9.43. The second-order valence-corrected chi connectivity index (χ2v) is 5.41. The number of aromatic nitrogens is 3. The lowest BCUT2D eigenvalue weighted by molar-refractivity contribution is 0.221. The molecule has 98 valence electrons. The number of ether oxygens (including phenoxy) is 1. The molecular formula is C15H17N3O. The van der Waals surface area contributed by atoms with E-state index in [1.165, 1.54) is 37.8 Å². The van der Waals surface area contributed by atoms with Crippen molar-refractivity contribution >= 4 is 0 Å². The van der Waals surface area contributed by atoms with Crippen LogP contribution >= 0.6 is 0 Å². The summed E-state index contributed by atoms with van der Waals surface area (Å²) < 4.78 is 8.04. The standard InChI is InChI=1S/C15H17N3O/c1-2-4-11(5-3-1)13-9-17-15-12-8-16-7-6-14(12)19-10-18(13)15/h6-9,11H,1-5,10H2. The number of rotatable bonds is 1. The Bertz CT molecular complexity index is 599. The smallest absolute Gasteiger partial charge is 0.166 e. The quantitative estimate of drug-likeness (QED) is 0.784. The third kappa shape index (κ3) is 1.74. The summed E-state index contributed by atoms with van der Waals surface area (Å²) in [6.07, 6.45) is 12.3. The molecule has 0 unspecified atom stereocenters. The minimum absolute atomic E-state index is 0.582. The molecule has 3 heterocycles. The van der Waals surface area contributed by atoms with E-state index in [1.807, 2.05) is 18.5 Å². The minimum atomic E-state index is 0.582. The summed E-state index contributed by atoms with van der Waals surface area (Å²) in [5, 5.41) is 0. The van der Waals surface area contributed by atoms with Crippen LogP contribution in [-0.2, 0) is 6.73 Å². The van der Waals surface area contributed by atoms with Crippen molar-refractivity contribution in [2.45, 2.75) is 44.8 Å². The number of pyridine rings is 1. The van der Waals surface area contributed by atoms with Gasteiger partial charge in [0.2, 0.25) is 0 Å². The molecule has 0 bridgehead atoms. The summed E-state index contributed by atoms with van der Waals surface area (Å²) in [5.74, 6) is 2.55. The first-order valence-corrected chi connectivity index (χ1v) is 7.06. The molecule has 19 heavy (non-hydrogen) atoms. The van der Waals surface area contributed by atoms with Gasteiger partial charge in [0.1, 0.15) is 11.6 Å². The normalized spacial score (nSPS) is 18.5. The lowest BCUT2D eigenvalue weighted by Gasteiger charge is -2.25. The maximum Gasteiger partial charge on any atom is 0.166 e. The highest BCUT2D eigenvalue weighted by Gasteiger charge is 2.25. The molecule has 0 spiro atoms. The lowest BCUT2D eigenvalue weighted by Crippen LogP contribution is -2.18. The number of hydrogen-bond donors (Lipinski definition) is 0. The zero-order chi connectivity index (χ0) is 12.7. The maximum atomic E-state index is 5.82. The highest BCUT2D eigenvalue weighted by Crippen LogP contribution is 2.38. The molecule has 4 nitrogen and oxygen atoms in total. The van der Waals surface area contributed by atoms with E-state index in [2.05, 4.69) is 14.5 Å². The van der Waals surface area contributed by atoms with Gasteiger partial charge in [-0.15, -0.1) is 0 Å². The van der Waals surface area contributed by atoms with E-state index in [-0.39, 0.29) is 0 Å². The second kappa shape index (κ2) is 4.37. The van der Waals surface area contributed by atoms with Crippen molar-refractivity contribution in [2.75, 3.05) is 0 Å². The van der Waals surface area contributed by atoms with Crippen molar-refractivity contribution in [3.63, 3.8) is 0 Å². The van der Waals surface area contributed by atoms with Crippen molar-refractivity contribution < 1.29 is 4.74 Å². The van der Waals surface area contributed by atoms with E-state index >= 15 is 0 Å². The van der Waals surface area contributed by atoms with Crippen LogP contribution in [0.4, 0.5) is 0 Å². The number of fused-ring (bicyclic) bond motifs is 3. The summed E-state index contributed by atoms with van der Waals surface area (Å²) in [6.45, 7) is 0.582. The molecule has 2 aromatic heterocycles. The highest BCUT2D eigenvalue weighted by atomic mass is 16.5. The van der Waals surface area contributed by atoms with Gasteiger partial charge in [0.15, 0.2) is 6.73 Å². The van der Waals surface area contributed by atoms with Gasteiger partial charge in [0.25, 0.3) is 0 Å². The maximum absolute atomic E-state index is 5.82. The molecule has 2 aliphatic rings. The van der Waals surface area contributed by atoms with Gasteiger partial charge in [-0.1, -0.05) is 19.3 Å². The average molecular weight is 255 g/mol. The monoisotopic (exact) mass is 255 g/mol. The first kappa shape index (κ1) is 11.0. The molecule has 4 heteroatoms. The summed E-state index contributed by atoms with van der Waals surface area (Å²) in [5.41, 5.74) is 2.35. The van der Waals surface area contributed by atoms with Crippen LogP contribution < -0.4 is 4.74 Å². The van der Waals surface area contributed by atoms with E-state index in [4.69, 9.17) is 4.74 Å². The second-order valence-electron chi connectivity index (χ2n) is 5.41. The average Bonchev–Trinajstić information content (AvgIpc) is 2.92. The molecule has 0 saturated heterocycles. The van der Waals surface area contributed by atoms with Crippen molar-refractivity contribution in [3.05, 3.63) is 30.4 Å². The Kier molecular flexibility index (Phi) is 2.53. The SMILES string of the molecule is c1cc2c(cn1)-c1ncc(C3CCCCC3)n1CO2. The Balaban J connectivity index is 1.77. The largest absolute Gasteiger partial charge is 0.472 e. The Labute approximate surface area is 112 Å². The van der Waals surface area contributed by atoms with E-state index in [1.54, 1.807) is 6.20 Å². The minimum Gasteiger partial charge on any atom is -0.472 e. The molecular weight excluding hydrogens is 238 g/mol. The summed E-state index contributed by atoms with van der Waals surface area (Å²) in [4.78, 5) is 8.80. The molecule has 1 aliphatic carbocycles. The zero-order valence-electron chi connectivity index (χ0n) is 10.9. The molecule has 0 aromatic carbocycles. The topological polar surface area (TPSA) is 39.9 Å². The van der Waals surface area contributed by atoms with Crippen molar-refractivity contribution in [3.8, 4) is 17.1 Å². The van der Waals surface area contributed by atoms with Gasteiger partial charge in [0.05, 0.1) is 5.56 Å². The summed E-state index contributed by atoms with van der Waals surface area (Å²) >= 11 is 0. The Morgan fingerprint density at radius 3 is 2.95 bits per heavy atom. The molecule has 0 atom stereocenters. The Morgan fingerprint density at radius 1 is 1.16 bits per heavy atom. The fourth-order valence-corrected chi connectivity index (χ4v) is 3.27. The molecule has 0 N–H and O–H groups in total. The Hall–Kier alpha value is -1.84. The van der Waals surface area contributed by atoms with Crippen LogP contribution in [0.5, 0.6) is 5.75 Å². The number of hydrogen-bond acceptors (Lipinski definition) is 3. The zero-order valence-corrected chi connectivity index (χ0v) is 10.9. The van der Waals surface area contributed by atoms with Gasteiger partial charge >= 0.3 is 0 Å². The summed E-state index contributed by atoms with van der Waals surface area (Å²) in [7, 11) is 0. The van der Waals surface area contributed by atoms with E-state index < -0.39 is 0 Å². The van der Waals surface area contributed by atoms with Crippen LogP contribution in [0.3, 0.4) is 0 Å². The van der Waals surface area contributed by atoms with Crippen molar-refractivity contribution in [2.24, 2.45) is 0 Å². The number of nitrogens with zero attached hydrogens (tertiary/aromatic N) is 3. The highest BCUT2D eigenvalue weighted by molar-refractivity contribution is 5.64. The van der Waals surface area contributed by atoms with Gasteiger partial charge in [-0.05, 0) is 18.9 Å². The fourth-order valence-electron chi connectivity index (χ4n) is 3.27. The van der Waals surface area contributed by atoms with Crippen LogP contribution in [0.25, 0.3) is 11.4 Å². The van der Waals surface area contributed by atoms with Crippen molar-refractivity contribution in [1.29, 1.82) is 0 Å². The van der Waals surface area contributed by atoms with Crippen LogP contribution in [0.15, 0.2) is 24.7 Å². The van der Waals surface area contributed by atoms with Gasteiger partial charge in [-0.2, -0.15) is 0 Å². The predicted molar refractivity (Wildman–Crippen MR) is 71.9 cm³/mol. The van der Waals surface area contributed by atoms with Crippen LogP contribution in [0.1, 0.15) is 43.7 Å². The lowest BCUT2D eigenvalue weighted by atomic mass is 9.87. The Morgan fingerprint density at radius 2 is 2.05 bits per heavy atom. The number of imidazole rings is 1. The van der Waals surface area contributed by atoms with Gasteiger partial charge < -0.3 is 4.74 Å². The fraction of sp³-hybridized carbons (Fsp3) is 0.467. The first-order valence-electron chi connectivity index (χ1n) is 7.06. The van der Waals surface area contributed by atoms with Gasteiger partial charge in [0, 0.05) is 30.2 Å².